The van der Waals surface area contributed by atoms with Gasteiger partial charge in [0, 0.05) is 31.8 Å². The molecule has 1 aromatic carbocycles. The molecule has 1 fully saturated rings. The van der Waals surface area contributed by atoms with Crippen LogP contribution in [0.2, 0.25) is 0 Å². The van der Waals surface area contributed by atoms with E-state index < -0.39 is 6.23 Å². The maximum atomic E-state index is 13.1. The van der Waals surface area contributed by atoms with Gasteiger partial charge in [0.15, 0.2) is 6.23 Å². The summed E-state index contributed by atoms with van der Waals surface area (Å²) in [5, 5.41) is 25.3. The Labute approximate surface area is 217 Å². The summed E-state index contributed by atoms with van der Waals surface area (Å²) < 4.78 is 2.01. The summed E-state index contributed by atoms with van der Waals surface area (Å²) in [6.07, 6.45) is 6.29. The smallest absolute Gasteiger partial charge is 0.236 e. The summed E-state index contributed by atoms with van der Waals surface area (Å²) in [4.78, 5) is 17.0. The van der Waals surface area contributed by atoms with Crippen molar-refractivity contribution in [2.45, 2.75) is 84.9 Å². The van der Waals surface area contributed by atoms with Crippen molar-refractivity contribution < 1.29 is 15.0 Å². The first-order chi connectivity index (χ1) is 17.5. The highest BCUT2D eigenvalue weighted by molar-refractivity contribution is 5.78. The molecule has 36 heavy (non-hydrogen) atoms. The molecule has 0 bridgehead atoms. The Morgan fingerprint density at radius 3 is 2.42 bits per heavy atom. The molecule has 7 nitrogen and oxygen atoms in total. The maximum Gasteiger partial charge on any atom is 0.236 e. The molecule has 0 aliphatic carbocycles. The Morgan fingerprint density at radius 1 is 1.08 bits per heavy atom. The van der Waals surface area contributed by atoms with Crippen molar-refractivity contribution in [3.63, 3.8) is 0 Å². The number of aliphatic hydroxyl groups is 2. The van der Waals surface area contributed by atoms with E-state index in [0.29, 0.717) is 12.5 Å². The number of fused-ring (bicyclic) bond motifs is 1. The number of likely N-dealkylation sites (tertiary alicyclic amines) is 1. The van der Waals surface area contributed by atoms with E-state index in [0.717, 1.165) is 68.6 Å². The highest BCUT2D eigenvalue weighted by atomic mass is 16.3. The SMILES string of the molecule is CC.CCCCCC1CN(CC(=O)N2CCC(CCO)CC2)C(O)c2cc(-c3ccc(C)cc3)nn21. The third-order valence-electron chi connectivity index (χ3n) is 7.50. The molecule has 2 unspecified atom stereocenters. The fraction of sp³-hybridized carbons (Fsp3) is 0.655. The number of carbonyl (C=O) groups excluding carboxylic acids is 1. The molecule has 2 aliphatic heterocycles. The molecule has 1 amide bonds. The Hall–Kier alpha value is -2.22. The Bertz CT molecular complexity index is 934. The van der Waals surface area contributed by atoms with Gasteiger partial charge in [0.2, 0.25) is 5.91 Å². The lowest BCUT2D eigenvalue weighted by Gasteiger charge is -2.39. The lowest BCUT2D eigenvalue weighted by Crippen LogP contribution is -2.48. The summed E-state index contributed by atoms with van der Waals surface area (Å²) in [5.74, 6) is 0.590. The van der Waals surface area contributed by atoms with Crippen molar-refractivity contribution in [3.05, 3.63) is 41.6 Å². The van der Waals surface area contributed by atoms with E-state index in [2.05, 4.69) is 38.1 Å². The number of piperidine rings is 1. The first kappa shape index (κ1) is 28.4. The molecule has 1 saturated heterocycles. The van der Waals surface area contributed by atoms with Crippen LogP contribution in [0.1, 0.15) is 89.2 Å². The van der Waals surface area contributed by atoms with Crippen molar-refractivity contribution in [3.8, 4) is 11.3 Å². The van der Waals surface area contributed by atoms with Crippen LogP contribution >= 0.6 is 0 Å². The first-order valence-corrected chi connectivity index (χ1v) is 14.0. The predicted octanol–water partition coefficient (Wildman–Crippen LogP) is 4.93. The highest BCUT2D eigenvalue weighted by Crippen LogP contribution is 2.34. The van der Waals surface area contributed by atoms with E-state index in [1.54, 1.807) is 0 Å². The number of hydrogen-bond acceptors (Lipinski definition) is 5. The quantitative estimate of drug-likeness (QED) is 0.479. The summed E-state index contributed by atoms with van der Waals surface area (Å²) in [6.45, 7) is 10.8. The van der Waals surface area contributed by atoms with Crippen molar-refractivity contribution in [2.24, 2.45) is 5.92 Å². The van der Waals surface area contributed by atoms with Crippen LogP contribution in [-0.2, 0) is 4.79 Å². The average Bonchev–Trinajstić information content (AvgIpc) is 3.35. The molecule has 2 aromatic rings. The van der Waals surface area contributed by atoms with Crippen LogP contribution in [-0.4, -0.2) is 68.5 Å². The number of aryl methyl sites for hydroxylation is 1. The molecule has 0 spiro atoms. The number of nitrogens with zero attached hydrogens (tertiary/aromatic N) is 4. The number of rotatable bonds is 9. The largest absolute Gasteiger partial charge is 0.396 e. The van der Waals surface area contributed by atoms with E-state index in [4.69, 9.17) is 5.10 Å². The maximum absolute atomic E-state index is 13.1. The Kier molecular flexibility index (Phi) is 11.0. The molecule has 0 radical (unpaired) electrons. The van der Waals surface area contributed by atoms with Gasteiger partial charge in [-0.1, -0.05) is 69.9 Å². The second-order valence-electron chi connectivity index (χ2n) is 10.1. The van der Waals surface area contributed by atoms with Gasteiger partial charge < -0.3 is 15.1 Å². The molecule has 1 aromatic heterocycles. The summed E-state index contributed by atoms with van der Waals surface area (Å²) in [5.41, 5.74) is 3.89. The molecule has 4 rings (SSSR count). The van der Waals surface area contributed by atoms with Gasteiger partial charge in [-0.15, -0.1) is 0 Å². The monoisotopic (exact) mass is 498 g/mol. The van der Waals surface area contributed by atoms with Gasteiger partial charge in [-0.25, -0.2) is 0 Å². The van der Waals surface area contributed by atoms with Gasteiger partial charge in [-0.2, -0.15) is 5.10 Å². The lowest BCUT2D eigenvalue weighted by atomic mass is 9.94. The van der Waals surface area contributed by atoms with Gasteiger partial charge in [0.1, 0.15) is 0 Å². The number of hydrogen-bond donors (Lipinski definition) is 2. The molecule has 0 saturated carbocycles. The third kappa shape index (κ3) is 6.96. The minimum Gasteiger partial charge on any atom is -0.396 e. The zero-order valence-electron chi connectivity index (χ0n) is 22.7. The van der Waals surface area contributed by atoms with E-state index in [-0.39, 0.29) is 25.1 Å². The van der Waals surface area contributed by atoms with Crippen LogP contribution in [0.3, 0.4) is 0 Å². The standard InChI is InChI=1S/C27H40N4O3.C2H6/c1-3-4-5-6-23-18-30(19-26(33)29-14-11-21(12-15-29)13-16-32)27(34)25-17-24(28-31(23)25)22-9-7-20(2)8-10-22;1-2/h7-10,17,21,23,27,32,34H,3-6,11-16,18-19H2,1-2H3;1-2H3. The van der Waals surface area contributed by atoms with Crippen LogP contribution in [0.4, 0.5) is 0 Å². The van der Waals surface area contributed by atoms with Gasteiger partial charge in [-0.05, 0) is 44.6 Å². The number of aromatic nitrogens is 2. The van der Waals surface area contributed by atoms with Gasteiger partial charge in [-0.3, -0.25) is 14.4 Å². The van der Waals surface area contributed by atoms with E-state index in [1.807, 2.05) is 34.4 Å². The topological polar surface area (TPSA) is 81.8 Å². The number of aliphatic hydroxyl groups excluding tert-OH is 2. The number of carbonyl (C=O) groups is 1. The number of unbranched alkanes of at least 4 members (excludes halogenated alkanes) is 2. The molecular weight excluding hydrogens is 452 g/mol. The van der Waals surface area contributed by atoms with Crippen LogP contribution in [0.5, 0.6) is 0 Å². The van der Waals surface area contributed by atoms with E-state index in [9.17, 15) is 15.0 Å². The molecule has 7 heteroatoms. The zero-order valence-corrected chi connectivity index (χ0v) is 22.7. The normalized spacial score (nSPS) is 20.6. The van der Waals surface area contributed by atoms with Crippen LogP contribution in [0, 0.1) is 12.8 Å². The zero-order chi connectivity index (χ0) is 26.1. The number of amides is 1. The molecular formula is C29H46N4O3. The van der Waals surface area contributed by atoms with Crippen molar-refractivity contribution in [1.29, 1.82) is 0 Å². The van der Waals surface area contributed by atoms with Crippen LogP contribution in [0.25, 0.3) is 11.3 Å². The minimum absolute atomic E-state index is 0.0838. The molecule has 2 N–H and O–H groups in total. The second-order valence-corrected chi connectivity index (χ2v) is 10.1. The minimum atomic E-state index is -0.843. The molecule has 200 valence electrons. The summed E-state index contributed by atoms with van der Waals surface area (Å²) in [7, 11) is 0. The van der Waals surface area contributed by atoms with E-state index >= 15 is 0 Å². The van der Waals surface area contributed by atoms with Gasteiger partial charge >= 0.3 is 0 Å². The van der Waals surface area contributed by atoms with E-state index in [1.165, 1.54) is 12.0 Å². The summed E-state index contributed by atoms with van der Waals surface area (Å²) in [6, 6.07) is 10.4. The van der Waals surface area contributed by atoms with Crippen molar-refractivity contribution >= 4 is 5.91 Å². The first-order valence-electron chi connectivity index (χ1n) is 14.0. The number of benzene rings is 1. The molecule has 2 atom stereocenters. The Morgan fingerprint density at radius 2 is 1.78 bits per heavy atom. The van der Waals surface area contributed by atoms with Gasteiger partial charge in [0.05, 0.1) is 24.0 Å². The average molecular weight is 499 g/mol. The molecule has 3 heterocycles. The van der Waals surface area contributed by atoms with Crippen LogP contribution in [0.15, 0.2) is 30.3 Å². The predicted molar refractivity (Wildman–Crippen MR) is 144 cm³/mol. The third-order valence-corrected chi connectivity index (χ3v) is 7.50. The van der Waals surface area contributed by atoms with Crippen molar-refractivity contribution in [2.75, 3.05) is 32.8 Å². The van der Waals surface area contributed by atoms with Gasteiger partial charge in [0.25, 0.3) is 0 Å². The molecule has 2 aliphatic rings. The fourth-order valence-electron chi connectivity index (χ4n) is 5.32. The van der Waals surface area contributed by atoms with Crippen molar-refractivity contribution in [1.82, 2.24) is 19.6 Å². The van der Waals surface area contributed by atoms with Crippen LogP contribution < -0.4 is 0 Å². The fourth-order valence-corrected chi connectivity index (χ4v) is 5.32. The lowest BCUT2D eigenvalue weighted by molar-refractivity contribution is -0.138. The second kappa shape index (κ2) is 13.9. The Balaban J connectivity index is 0.00000176. The summed E-state index contributed by atoms with van der Waals surface area (Å²) >= 11 is 0. The highest BCUT2D eigenvalue weighted by Gasteiger charge is 2.35.